The lowest BCUT2D eigenvalue weighted by atomic mass is 9.77. The fourth-order valence-corrected chi connectivity index (χ4v) is 4.40. The SMILES string of the molecule is CC(C)(C)OC(=O)N1C2CCCC1CC(c1cc(N)n3nccc3n1)C2. The number of rotatable bonds is 1. The number of amides is 1. The van der Waals surface area contributed by atoms with Crippen LogP contribution in [0.3, 0.4) is 0 Å². The van der Waals surface area contributed by atoms with E-state index in [0.717, 1.165) is 37.0 Å². The molecule has 4 rings (SSSR count). The number of nitrogens with two attached hydrogens (primary N) is 1. The van der Waals surface area contributed by atoms with Crippen LogP contribution < -0.4 is 5.73 Å². The van der Waals surface area contributed by atoms with E-state index in [1.807, 2.05) is 37.8 Å². The quantitative estimate of drug-likeness (QED) is 0.846. The summed E-state index contributed by atoms with van der Waals surface area (Å²) >= 11 is 0. The van der Waals surface area contributed by atoms with Crippen molar-refractivity contribution in [1.29, 1.82) is 0 Å². The highest BCUT2D eigenvalue weighted by Gasteiger charge is 2.43. The number of hydrogen-bond acceptors (Lipinski definition) is 5. The molecule has 0 radical (unpaired) electrons. The number of ether oxygens (including phenoxy) is 1. The molecule has 0 saturated carbocycles. The molecule has 2 bridgehead atoms. The first-order valence-electron chi connectivity index (χ1n) is 9.43. The van der Waals surface area contributed by atoms with Crippen LogP contribution in [0.25, 0.3) is 5.65 Å². The third kappa shape index (κ3) is 3.10. The molecule has 7 nitrogen and oxygen atoms in total. The van der Waals surface area contributed by atoms with Gasteiger partial charge in [-0.3, -0.25) is 0 Å². The van der Waals surface area contributed by atoms with Crippen molar-refractivity contribution in [2.24, 2.45) is 0 Å². The van der Waals surface area contributed by atoms with Gasteiger partial charge in [0.15, 0.2) is 5.65 Å². The molecule has 26 heavy (non-hydrogen) atoms. The van der Waals surface area contributed by atoms with Gasteiger partial charge in [0.25, 0.3) is 0 Å². The molecule has 2 N–H and O–H groups in total. The minimum Gasteiger partial charge on any atom is -0.444 e. The maximum absolute atomic E-state index is 12.7. The molecule has 4 heterocycles. The van der Waals surface area contributed by atoms with Gasteiger partial charge in [0.1, 0.15) is 11.4 Å². The van der Waals surface area contributed by atoms with Gasteiger partial charge in [0.2, 0.25) is 0 Å². The number of nitrogens with zero attached hydrogens (tertiary/aromatic N) is 4. The predicted molar refractivity (Wildman–Crippen MR) is 98.9 cm³/mol. The van der Waals surface area contributed by atoms with E-state index in [9.17, 15) is 4.79 Å². The van der Waals surface area contributed by atoms with Gasteiger partial charge in [-0.05, 0) is 52.9 Å². The molecule has 2 aliphatic heterocycles. The second-order valence-corrected chi connectivity index (χ2v) is 8.50. The Kier molecular flexibility index (Phi) is 4.04. The van der Waals surface area contributed by atoms with Crippen LogP contribution in [0.4, 0.5) is 10.6 Å². The number of carbonyl (C=O) groups excluding carboxylic acids is 1. The maximum atomic E-state index is 12.7. The molecule has 2 saturated heterocycles. The summed E-state index contributed by atoms with van der Waals surface area (Å²) in [5.74, 6) is 0.918. The van der Waals surface area contributed by atoms with E-state index in [1.165, 1.54) is 6.42 Å². The van der Waals surface area contributed by atoms with Crippen molar-refractivity contribution in [3.63, 3.8) is 0 Å². The molecule has 140 valence electrons. The zero-order valence-corrected chi connectivity index (χ0v) is 15.7. The standard InChI is InChI=1S/C19H27N5O2/c1-19(2,3)26-18(25)23-13-5-4-6-14(23)10-12(9-13)15-11-16(20)24-17(22-15)7-8-21-24/h7-8,11-14H,4-6,9-10,20H2,1-3H3. The number of nitrogen functional groups attached to an aromatic ring is 1. The fraction of sp³-hybridized carbons (Fsp3) is 0.632. The Bertz CT molecular complexity index is 811. The van der Waals surface area contributed by atoms with E-state index in [-0.39, 0.29) is 18.2 Å². The summed E-state index contributed by atoms with van der Waals surface area (Å²) in [6.45, 7) is 5.75. The Labute approximate surface area is 153 Å². The molecular formula is C19H27N5O2. The van der Waals surface area contributed by atoms with E-state index < -0.39 is 5.60 Å². The molecule has 2 atom stereocenters. The number of anilines is 1. The van der Waals surface area contributed by atoms with Gasteiger partial charge in [-0.1, -0.05) is 0 Å². The number of hydrogen-bond donors (Lipinski definition) is 1. The van der Waals surface area contributed by atoms with Crippen LogP contribution in [0.5, 0.6) is 0 Å². The number of carbonyl (C=O) groups is 1. The molecule has 2 fully saturated rings. The molecule has 2 aromatic rings. The summed E-state index contributed by atoms with van der Waals surface area (Å²) in [7, 11) is 0. The lowest BCUT2D eigenvalue weighted by molar-refractivity contribution is -0.0218. The summed E-state index contributed by atoms with van der Waals surface area (Å²) in [6, 6.07) is 4.23. The maximum Gasteiger partial charge on any atom is 0.410 e. The Morgan fingerprint density at radius 2 is 1.96 bits per heavy atom. The Morgan fingerprint density at radius 1 is 1.27 bits per heavy atom. The van der Waals surface area contributed by atoms with Crippen LogP contribution in [-0.2, 0) is 4.74 Å². The summed E-state index contributed by atoms with van der Waals surface area (Å²) in [6.07, 6.45) is 6.57. The molecule has 2 aliphatic rings. The third-order valence-electron chi connectivity index (χ3n) is 5.40. The van der Waals surface area contributed by atoms with Crippen molar-refractivity contribution < 1.29 is 9.53 Å². The van der Waals surface area contributed by atoms with Crippen molar-refractivity contribution in [3.05, 3.63) is 24.0 Å². The minimum absolute atomic E-state index is 0.177. The topological polar surface area (TPSA) is 85.8 Å². The lowest BCUT2D eigenvalue weighted by Gasteiger charge is -2.48. The molecule has 0 aromatic carbocycles. The monoisotopic (exact) mass is 357 g/mol. The molecular weight excluding hydrogens is 330 g/mol. The highest BCUT2D eigenvalue weighted by atomic mass is 16.6. The average molecular weight is 357 g/mol. The Balaban J connectivity index is 1.58. The predicted octanol–water partition coefficient (Wildman–Crippen LogP) is 3.35. The van der Waals surface area contributed by atoms with Gasteiger partial charge in [0, 0.05) is 35.8 Å². The number of aromatic nitrogens is 3. The molecule has 7 heteroatoms. The van der Waals surface area contributed by atoms with E-state index in [1.54, 1.807) is 10.7 Å². The van der Waals surface area contributed by atoms with Crippen LogP contribution in [0, 0.1) is 0 Å². The third-order valence-corrected chi connectivity index (χ3v) is 5.40. The van der Waals surface area contributed by atoms with E-state index in [2.05, 4.69) is 5.10 Å². The van der Waals surface area contributed by atoms with Crippen molar-refractivity contribution in [3.8, 4) is 0 Å². The number of piperidine rings is 2. The Morgan fingerprint density at radius 3 is 2.62 bits per heavy atom. The normalized spacial score (nSPS) is 26.1. The van der Waals surface area contributed by atoms with Crippen molar-refractivity contribution in [1.82, 2.24) is 19.5 Å². The Hall–Kier alpha value is -2.31. The van der Waals surface area contributed by atoms with Crippen molar-refractivity contribution in [2.75, 3.05) is 5.73 Å². The number of fused-ring (bicyclic) bond motifs is 3. The smallest absolute Gasteiger partial charge is 0.410 e. The van der Waals surface area contributed by atoms with Gasteiger partial charge < -0.3 is 15.4 Å². The van der Waals surface area contributed by atoms with Gasteiger partial charge in [0.05, 0.1) is 6.20 Å². The van der Waals surface area contributed by atoms with Gasteiger partial charge in [-0.2, -0.15) is 9.61 Å². The first-order valence-corrected chi connectivity index (χ1v) is 9.43. The van der Waals surface area contributed by atoms with Gasteiger partial charge in [-0.25, -0.2) is 9.78 Å². The van der Waals surface area contributed by atoms with E-state index in [0.29, 0.717) is 11.7 Å². The van der Waals surface area contributed by atoms with Gasteiger partial charge >= 0.3 is 6.09 Å². The molecule has 0 aliphatic carbocycles. The first-order chi connectivity index (χ1) is 12.3. The molecule has 0 spiro atoms. The minimum atomic E-state index is -0.467. The van der Waals surface area contributed by atoms with E-state index >= 15 is 0 Å². The van der Waals surface area contributed by atoms with Crippen molar-refractivity contribution in [2.45, 2.75) is 76.5 Å². The second-order valence-electron chi connectivity index (χ2n) is 8.50. The van der Waals surface area contributed by atoms with Crippen molar-refractivity contribution >= 4 is 17.6 Å². The highest BCUT2D eigenvalue weighted by molar-refractivity contribution is 5.69. The average Bonchev–Trinajstić information content (AvgIpc) is 3.01. The van der Waals surface area contributed by atoms with Gasteiger partial charge in [-0.15, -0.1) is 0 Å². The van der Waals surface area contributed by atoms with E-state index in [4.69, 9.17) is 15.5 Å². The zero-order chi connectivity index (χ0) is 18.5. The lowest BCUT2D eigenvalue weighted by Crippen LogP contribution is -2.55. The van der Waals surface area contributed by atoms with Crippen LogP contribution >= 0.6 is 0 Å². The highest BCUT2D eigenvalue weighted by Crippen LogP contribution is 2.42. The summed E-state index contributed by atoms with van der Waals surface area (Å²) < 4.78 is 7.31. The summed E-state index contributed by atoms with van der Waals surface area (Å²) in [5.41, 5.74) is 7.47. The zero-order valence-electron chi connectivity index (χ0n) is 15.7. The largest absolute Gasteiger partial charge is 0.444 e. The molecule has 2 unspecified atom stereocenters. The summed E-state index contributed by atoms with van der Waals surface area (Å²) in [4.78, 5) is 19.5. The van der Waals surface area contributed by atoms with Crippen LogP contribution in [0.15, 0.2) is 18.3 Å². The molecule has 2 aromatic heterocycles. The van der Waals surface area contributed by atoms with Crippen LogP contribution in [-0.4, -0.2) is 43.3 Å². The molecule has 1 amide bonds. The second kappa shape index (κ2) is 6.14. The first kappa shape index (κ1) is 17.1. The van der Waals surface area contributed by atoms with Crippen LogP contribution in [0.2, 0.25) is 0 Å². The van der Waals surface area contributed by atoms with Crippen LogP contribution in [0.1, 0.15) is 64.5 Å². The summed E-state index contributed by atoms with van der Waals surface area (Å²) in [5, 5.41) is 4.19. The fourth-order valence-electron chi connectivity index (χ4n) is 4.40.